The van der Waals surface area contributed by atoms with E-state index < -0.39 is 0 Å². The summed E-state index contributed by atoms with van der Waals surface area (Å²) in [5.41, 5.74) is 0. The van der Waals surface area contributed by atoms with E-state index in [1.165, 1.54) is 11.3 Å². The monoisotopic (exact) mass is 267 g/mol. The number of rotatable bonds is 5. The minimum atomic E-state index is -0.291. The Bertz CT molecular complexity index is 357. The number of hydrogen-bond acceptors (Lipinski definition) is 4. The Kier molecular flexibility index (Phi) is 4.58. The van der Waals surface area contributed by atoms with E-state index in [4.69, 9.17) is 0 Å². The van der Waals surface area contributed by atoms with Crippen molar-refractivity contribution in [3.05, 3.63) is 0 Å². The molecule has 2 heterocycles. The minimum Gasteiger partial charge on any atom is -0.305 e. The van der Waals surface area contributed by atoms with Crippen molar-refractivity contribution in [2.45, 2.75) is 45.7 Å². The predicted octanol–water partition coefficient (Wildman–Crippen LogP) is 0.454. The number of likely N-dealkylation sites (tertiary alicyclic amines) is 2. The van der Waals surface area contributed by atoms with Crippen molar-refractivity contribution in [3.63, 3.8) is 0 Å². The molecule has 2 saturated heterocycles. The molecule has 0 aromatic heterocycles. The van der Waals surface area contributed by atoms with Crippen LogP contribution < -0.4 is 5.32 Å². The summed E-state index contributed by atoms with van der Waals surface area (Å²) in [5.74, 6) is 0.507. The molecule has 0 radical (unpaired) electrons. The molecule has 2 unspecified atom stereocenters. The highest BCUT2D eigenvalue weighted by Crippen LogP contribution is 2.19. The Morgan fingerprint density at radius 2 is 2.11 bits per heavy atom. The molecule has 2 amide bonds. The standard InChI is InChI=1S/C14H25N3O2/c1-4-17-13(18)7-12(14(17)19)15-8-11-5-6-16(9-11)10(2)3/h10-12,15H,4-9H2,1-3H3. The Labute approximate surface area is 115 Å². The van der Waals surface area contributed by atoms with Gasteiger partial charge in [-0.25, -0.2) is 0 Å². The zero-order chi connectivity index (χ0) is 14.0. The Morgan fingerprint density at radius 3 is 2.63 bits per heavy atom. The topological polar surface area (TPSA) is 52.7 Å². The van der Waals surface area contributed by atoms with Gasteiger partial charge < -0.3 is 10.2 Å². The fourth-order valence-electron chi connectivity index (χ4n) is 2.98. The number of carbonyl (C=O) groups excluding carboxylic acids is 2. The normalized spacial score (nSPS) is 28.9. The Hall–Kier alpha value is -0.940. The summed E-state index contributed by atoms with van der Waals surface area (Å²) in [6.45, 7) is 9.84. The molecule has 2 aliphatic heterocycles. The molecule has 5 nitrogen and oxygen atoms in total. The molecule has 0 aromatic rings. The summed E-state index contributed by atoms with van der Waals surface area (Å²) in [4.78, 5) is 27.4. The van der Waals surface area contributed by atoms with Gasteiger partial charge in [0.1, 0.15) is 0 Å². The zero-order valence-corrected chi connectivity index (χ0v) is 12.2. The summed E-state index contributed by atoms with van der Waals surface area (Å²) in [5, 5.41) is 3.29. The van der Waals surface area contributed by atoms with Gasteiger partial charge >= 0.3 is 0 Å². The van der Waals surface area contributed by atoms with Crippen LogP contribution in [-0.4, -0.2) is 59.9 Å². The summed E-state index contributed by atoms with van der Waals surface area (Å²) in [6.07, 6.45) is 1.50. The largest absolute Gasteiger partial charge is 0.305 e. The molecule has 2 atom stereocenters. The third-order valence-corrected chi connectivity index (χ3v) is 4.26. The van der Waals surface area contributed by atoms with E-state index in [-0.39, 0.29) is 17.9 Å². The molecule has 108 valence electrons. The molecule has 19 heavy (non-hydrogen) atoms. The van der Waals surface area contributed by atoms with Crippen molar-refractivity contribution in [1.82, 2.24) is 15.1 Å². The van der Waals surface area contributed by atoms with Crippen molar-refractivity contribution >= 4 is 11.8 Å². The van der Waals surface area contributed by atoms with Crippen molar-refractivity contribution in [2.75, 3.05) is 26.2 Å². The van der Waals surface area contributed by atoms with Crippen LogP contribution in [0.2, 0.25) is 0 Å². The van der Waals surface area contributed by atoms with E-state index >= 15 is 0 Å². The molecule has 0 bridgehead atoms. The van der Waals surface area contributed by atoms with Gasteiger partial charge in [-0.1, -0.05) is 0 Å². The lowest BCUT2D eigenvalue weighted by atomic mass is 10.1. The minimum absolute atomic E-state index is 0.0415. The molecule has 2 fully saturated rings. The predicted molar refractivity (Wildman–Crippen MR) is 73.6 cm³/mol. The van der Waals surface area contributed by atoms with Crippen LogP contribution in [0.25, 0.3) is 0 Å². The average molecular weight is 267 g/mol. The van der Waals surface area contributed by atoms with Crippen LogP contribution in [0.5, 0.6) is 0 Å². The first-order chi connectivity index (χ1) is 9.02. The molecular formula is C14H25N3O2. The van der Waals surface area contributed by atoms with Gasteiger partial charge in [0.25, 0.3) is 0 Å². The summed E-state index contributed by atoms with van der Waals surface area (Å²) in [7, 11) is 0. The highest BCUT2D eigenvalue weighted by molar-refractivity contribution is 6.05. The highest BCUT2D eigenvalue weighted by atomic mass is 16.2. The molecule has 2 aliphatic rings. The number of nitrogens with one attached hydrogen (secondary N) is 1. The van der Waals surface area contributed by atoms with Gasteiger partial charge in [0.2, 0.25) is 11.8 Å². The van der Waals surface area contributed by atoms with Crippen LogP contribution in [0.3, 0.4) is 0 Å². The Balaban J connectivity index is 1.78. The average Bonchev–Trinajstić information content (AvgIpc) is 2.92. The van der Waals surface area contributed by atoms with Gasteiger partial charge in [-0.05, 0) is 46.2 Å². The fraction of sp³-hybridized carbons (Fsp3) is 0.857. The smallest absolute Gasteiger partial charge is 0.246 e. The summed E-state index contributed by atoms with van der Waals surface area (Å²) >= 11 is 0. The lowest BCUT2D eigenvalue weighted by Crippen LogP contribution is -2.41. The van der Waals surface area contributed by atoms with Gasteiger partial charge in [0, 0.05) is 19.1 Å². The second kappa shape index (κ2) is 6.01. The van der Waals surface area contributed by atoms with Crippen LogP contribution in [0.1, 0.15) is 33.6 Å². The number of nitrogens with zero attached hydrogens (tertiary/aromatic N) is 2. The molecule has 5 heteroatoms. The van der Waals surface area contributed by atoms with Crippen LogP contribution >= 0.6 is 0 Å². The number of hydrogen-bond donors (Lipinski definition) is 1. The first kappa shape index (κ1) is 14.5. The number of amides is 2. The quantitative estimate of drug-likeness (QED) is 0.735. The van der Waals surface area contributed by atoms with Gasteiger partial charge in [-0.15, -0.1) is 0 Å². The molecular weight excluding hydrogens is 242 g/mol. The maximum Gasteiger partial charge on any atom is 0.246 e. The van der Waals surface area contributed by atoms with E-state index in [9.17, 15) is 9.59 Å². The van der Waals surface area contributed by atoms with E-state index in [2.05, 4.69) is 24.1 Å². The van der Waals surface area contributed by atoms with E-state index in [1.807, 2.05) is 6.92 Å². The number of likely N-dealkylation sites (N-methyl/N-ethyl adjacent to an activating group) is 1. The highest BCUT2D eigenvalue weighted by Gasteiger charge is 2.37. The van der Waals surface area contributed by atoms with Gasteiger partial charge in [0.15, 0.2) is 0 Å². The van der Waals surface area contributed by atoms with Gasteiger partial charge in [0.05, 0.1) is 12.5 Å². The second-order valence-electron chi connectivity index (χ2n) is 5.88. The Morgan fingerprint density at radius 1 is 1.37 bits per heavy atom. The fourth-order valence-corrected chi connectivity index (χ4v) is 2.98. The SMILES string of the molecule is CCN1C(=O)CC(NCC2CCN(C(C)C)C2)C1=O. The molecule has 0 saturated carbocycles. The first-order valence-corrected chi connectivity index (χ1v) is 7.34. The van der Waals surface area contributed by atoms with E-state index in [0.29, 0.717) is 24.9 Å². The van der Waals surface area contributed by atoms with Gasteiger partial charge in [-0.2, -0.15) is 0 Å². The molecule has 1 N–H and O–H groups in total. The number of carbonyl (C=O) groups is 2. The van der Waals surface area contributed by atoms with Crippen LogP contribution in [-0.2, 0) is 9.59 Å². The molecule has 0 aromatic carbocycles. The van der Waals surface area contributed by atoms with E-state index in [0.717, 1.165) is 19.6 Å². The second-order valence-corrected chi connectivity index (χ2v) is 5.88. The lowest BCUT2D eigenvalue weighted by molar-refractivity contribution is -0.138. The third kappa shape index (κ3) is 3.15. The molecule has 0 aliphatic carbocycles. The van der Waals surface area contributed by atoms with E-state index in [1.54, 1.807) is 0 Å². The number of imide groups is 1. The van der Waals surface area contributed by atoms with Crippen molar-refractivity contribution in [3.8, 4) is 0 Å². The first-order valence-electron chi connectivity index (χ1n) is 7.34. The van der Waals surface area contributed by atoms with Crippen LogP contribution in [0.15, 0.2) is 0 Å². The molecule has 0 spiro atoms. The molecule has 2 rings (SSSR count). The third-order valence-electron chi connectivity index (χ3n) is 4.26. The van der Waals surface area contributed by atoms with Gasteiger partial charge in [-0.3, -0.25) is 14.5 Å². The van der Waals surface area contributed by atoms with Crippen molar-refractivity contribution in [1.29, 1.82) is 0 Å². The van der Waals surface area contributed by atoms with Crippen LogP contribution in [0.4, 0.5) is 0 Å². The summed E-state index contributed by atoms with van der Waals surface area (Å²) in [6, 6.07) is 0.302. The lowest BCUT2D eigenvalue weighted by Gasteiger charge is -2.21. The zero-order valence-electron chi connectivity index (χ0n) is 12.2. The van der Waals surface area contributed by atoms with Crippen molar-refractivity contribution in [2.24, 2.45) is 5.92 Å². The summed E-state index contributed by atoms with van der Waals surface area (Å²) < 4.78 is 0. The van der Waals surface area contributed by atoms with Crippen LogP contribution in [0, 0.1) is 5.92 Å². The maximum absolute atomic E-state index is 12.0. The van der Waals surface area contributed by atoms with Crippen molar-refractivity contribution < 1.29 is 9.59 Å². The maximum atomic E-state index is 12.0.